The van der Waals surface area contributed by atoms with E-state index in [1.165, 1.54) is 0 Å². The predicted octanol–water partition coefficient (Wildman–Crippen LogP) is 1.85. The molecule has 0 saturated carbocycles. The molecule has 23 heavy (non-hydrogen) atoms. The number of carbonyl (C=O) groups is 1. The van der Waals surface area contributed by atoms with Crippen molar-refractivity contribution in [1.29, 1.82) is 0 Å². The van der Waals surface area contributed by atoms with Gasteiger partial charge in [0, 0.05) is 18.7 Å². The second kappa shape index (κ2) is 5.86. The Bertz CT molecular complexity index is 842. The van der Waals surface area contributed by atoms with Gasteiger partial charge in [-0.3, -0.25) is 14.2 Å². The summed E-state index contributed by atoms with van der Waals surface area (Å²) in [5.74, 6) is 0.362. The lowest BCUT2D eigenvalue weighted by Crippen LogP contribution is -2.27. The van der Waals surface area contributed by atoms with Gasteiger partial charge in [-0.25, -0.2) is 0 Å². The van der Waals surface area contributed by atoms with Gasteiger partial charge in [0.05, 0.1) is 18.4 Å². The first kappa shape index (κ1) is 15.3. The summed E-state index contributed by atoms with van der Waals surface area (Å²) in [6.07, 6.45) is 1.82. The Balaban J connectivity index is 1.69. The highest BCUT2D eigenvalue weighted by Gasteiger charge is 2.15. The largest absolute Gasteiger partial charge is 0.361 e. The zero-order valence-corrected chi connectivity index (χ0v) is 13.7. The van der Waals surface area contributed by atoms with E-state index in [1.54, 1.807) is 13.0 Å². The smallest absolute Gasteiger partial charge is 0.273 e. The van der Waals surface area contributed by atoms with Crippen LogP contribution in [0.25, 0.3) is 11.0 Å². The van der Waals surface area contributed by atoms with E-state index in [4.69, 9.17) is 4.52 Å². The normalized spacial score (nSPS) is 11.5. The van der Waals surface area contributed by atoms with Crippen LogP contribution in [0.4, 0.5) is 0 Å². The molecule has 8 heteroatoms. The molecule has 3 heterocycles. The highest BCUT2D eigenvalue weighted by Crippen LogP contribution is 2.20. The number of hydrogen-bond donors (Lipinski definition) is 1. The molecule has 0 fully saturated rings. The molecular weight excluding hydrogens is 296 g/mol. The van der Waals surface area contributed by atoms with E-state index in [9.17, 15) is 4.79 Å². The number of aromatic nitrogens is 5. The van der Waals surface area contributed by atoms with E-state index in [0.717, 1.165) is 16.7 Å². The van der Waals surface area contributed by atoms with Crippen LogP contribution in [-0.2, 0) is 6.54 Å². The average molecular weight is 316 g/mol. The molecule has 1 N–H and O–H groups in total. The van der Waals surface area contributed by atoms with E-state index in [-0.39, 0.29) is 17.6 Å². The van der Waals surface area contributed by atoms with E-state index in [1.807, 2.05) is 22.5 Å². The molecule has 0 aliphatic rings. The van der Waals surface area contributed by atoms with Crippen molar-refractivity contribution in [3.63, 3.8) is 0 Å². The van der Waals surface area contributed by atoms with Crippen LogP contribution >= 0.6 is 0 Å². The minimum absolute atomic E-state index is 0.250. The Kier molecular flexibility index (Phi) is 3.89. The molecule has 0 radical (unpaired) electrons. The maximum Gasteiger partial charge on any atom is 0.273 e. The molecule has 122 valence electrons. The predicted molar refractivity (Wildman–Crippen MR) is 84.2 cm³/mol. The fourth-order valence-corrected chi connectivity index (χ4v) is 2.58. The fraction of sp³-hybridized carbons (Fsp3) is 0.467. The fourth-order valence-electron chi connectivity index (χ4n) is 2.58. The summed E-state index contributed by atoms with van der Waals surface area (Å²) in [5, 5.41) is 15.5. The summed E-state index contributed by atoms with van der Waals surface area (Å²) in [6.45, 7) is 8.91. The lowest BCUT2D eigenvalue weighted by Gasteiger charge is -2.04. The number of nitrogens with one attached hydrogen (secondary N) is 1. The van der Waals surface area contributed by atoms with Crippen LogP contribution in [0.3, 0.4) is 0 Å². The Morgan fingerprint density at radius 1 is 1.39 bits per heavy atom. The van der Waals surface area contributed by atoms with Gasteiger partial charge < -0.3 is 9.84 Å². The van der Waals surface area contributed by atoms with Crippen molar-refractivity contribution in [2.75, 3.05) is 6.54 Å². The molecule has 8 nitrogen and oxygen atoms in total. The molecule has 0 spiro atoms. The van der Waals surface area contributed by atoms with Crippen molar-refractivity contribution in [3.05, 3.63) is 29.4 Å². The van der Waals surface area contributed by atoms with Crippen molar-refractivity contribution >= 4 is 16.9 Å². The molecule has 3 aromatic heterocycles. The molecule has 0 aliphatic heterocycles. The molecule has 3 rings (SSSR count). The minimum atomic E-state index is -0.250. The third-order valence-electron chi connectivity index (χ3n) is 3.63. The summed E-state index contributed by atoms with van der Waals surface area (Å²) in [5.41, 5.74) is 3.24. The number of aryl methyl sites for hydroxylation is 2. The van der Waals surface area contributed by atoms with Crippen molar-refractivity contribution in [3.8, 4) is 0 Å². The first-order valence-corrected chi connectivity index (χ1v) is 7.59. The quantitative estimate of drug-likeness (QED) is 0.775. The molecule has 0 aliphatic carbocycles. The van der Waals surface area contributed by atoms with Crippen LogP contribution in [0.15, 0.2) is 16.8 Å². The molecule has 0 aromatic carbocycles. The van der Waals surface area contributed by atoms with Crippen LogP contribution in [0.5, 0.6) is 0 Å². The van der Waals surface area contributed by atoms with E-state index in [0.29, 0.717) is 18.8 Å². The number of amides is 1. The van der Waals surface area contributed by atoms with E-state index >= 15 is 0 Å². The highest BCUT2D eigenvalue weighted by molar-refractivity contribution is 5.92. The van der Waals surface area contributed by atoms with Gasteiger partial charge in [-0.15, -0.1) is 0 Å². The van der Waals surface area contributed by atoms with E-state index < -0.39 is 0 Å². The van der Waals surface area contributed by atoms with Crippen LogP contribution in [0.1, 0.15) is 41.8 Å². The second-order valence-electron chi connectivity index (χ2n) is 5.80. The lowest BCUT2D eigenvalue weighted by atomic mass is 10.3. The highest BCUT2D eigenvalue weighted by atomic mass is 16.5. The average Bonchev–Trinajstić information content (AvgIpc) is 3.17. The number of hydrogen-bond acceptors (Lipinski definition) is 5. The van der Waals surface area contributed by atoms with Gasteiger partial charge in [-0.05, 0) is 27.7 Å². The molecule has 0 saturated heterocycles. The van der Waals surface area contributed by atoms with Crippen LogP contribution < -0.4 is 5.32 Å². The SMILES string of the molecule is Cc1cc(C(=O)NCCn2ncc3c2c(C)nn3C(C)C)no1. The molecule has 0 unspecified atom stereocenters. The summed E-state index contributed by atoms with van der Waals surface area (Å²) in [4.78, 5) is 11.9. The molecular formula is C15H20N6O2. The number of fused-ring (bicyclic) bond motifs is 1. The van der Waals surface area contributed by atoms with Crippen molar-refractivity contribution in [1.82, 2.24) is 30.0 Å². The first-order valence-electron chi connectivity index (χ1n) is 7.59. The van der Waals surface area contributed by atoms with Gasteiger partial charge in [0.25, 0.3) is 5.91 Å². The van der Waals surface area contributed by atoms with Gasteiger partial charge >= 0.3 is 0 Å². The Morgan fingerprint density at radius 3 is 2.83 bits per heavy atom. The monoisotopic (exact) mass is 316 g/mol. The third kappa shape index (κ3) is 2.84. The summed E-state index contributed by atoms with van der Waals surface area (Å²) < 4.78 is 8.73. The molecule has 0 atom stereocenters. The van der Waals surface area contributed by atoms with Crippen molar-refractivity contribution in [2.24, 2.45) is 0 Å². The zero-order chi connectivity index (χ0) is 16.6. The topological polar surface area (TPSA) is 90.8 Å². The van der Waals surface area contributed by atoms with Crippen molar-refractivity contribution < 1.29 is 9.32 Å². The molecule has 0 bridgehead atoms. The maximum absolute atomic E-state index is 11.9. The van der Waals surface area contributed by atoms with E-state index in [2.05, 4.69) is 34.5 Å². The second-order valence-corrected chi connectivity index (χ2v) is 5.80. The van der Waals surface area contributed by atoms with Crippen LogP contribution in [-0.4, -0.2) is 37.2 Å². The summed E-state index contributed by atoms with van der Waals surface area (Å²) >= 11 is 0. The van der Waals surface area contributed by atoms with Gasteiger partial charge in [0.1, 0.15) is 16.8 Å². The summed E-state index contributed by atoms with van der Waals surface area (Å²) in [6, 6.07) is 1.89. The first-order chi connectivity index (χ1) is 11.0. The Labute approximate surface area is 133 Å². The minimum Gasteiger partial charge on any atom is -0.361 e. The Morgan fingerprint density at radius 2 is 2.17 bits per heavy atom. The maximum atomic E-state index is 11.9. The summed E-state index contributed by atoms with van der Waals surface area (Å²) in [7, 11) is 0. The van der Waals surface area contributed by atoms with Crippen LogP contribution in [0.2, 0.25) is 0 Å². The standard InChI is InChI=1S/C15H20N6O2/c1-9(2)21-13-8-17-20(14(13)11(4)18-21)6-5-16-15(22)12-7-10(3)23-19-12/h7-9H,5-6H2,1-4H3,(H,16,22). The molecule has 1 amide bonds. The van der Waals surface area contributed by atoms with Gasteiger partial charge in [0.2, 0.25) is 0 Å². The number of rotatable bonds is 5. The zero-order valence-electron chi connectivity index (χ0n) is 13.7. The molecule has 3 aromatic rings. The van der Waals surface area contributed by atoms with Gasteiger partial charge in [0.15, 0.2) is 5.69 Å². The third-order valence-corrected chi connectivity index (χ3v) is 3.63. The lowest BCUT2D eigenvalue weighted by molar-refractivity contribution is 0.0943. The number of carbonyl (C=O) groups excluding carboxylic acids is 1. The van der Waals surface area contributed by atoms with Gasteiger partial charge in [-0.1, -0.05) is 5.16 Å². The van der Waals surface area contributed by atoms with Crippen LogP contribution in [0, 0.1) is 13.8 Å². The van der Waals surface area contributed by atoms with Gasteiger partial charge in [-0.2, -0.15) is 10.2 Å². The Hall–Kier alpha value is -2.64. The van der Waals surface area contributed by atoms with Crippen molar-refractivity contribution in [2.45, 2.75) is 40.3 Å². The number of nitrogens with zero attached hydrogens (tertiary/aromatic N) is 5.